The minimum atomic E-state index is -4.46. The number of hydrogen-bond acceptors (Lipinski definition) is 1. The van der Waals surface area contributed by atoms with Crippen LogP contribution in [-0.2, 0) is 11.2 Å². The van der Waals surface area contributed by atoms with Gasteiger partial charge >= 0.3 is 6.18 Å². The molecule has 0 spiro atoms. The van der Waals surface area contributed by atoms with Crippen LogP contribution in [0.15, 0.2) is 30.3 Å². The van der Waals surface area contributed by atoms with Gasteiger partial charge in [0, 0.05) is 11.4 Å². The topological polar surface area (TPSA) is 29.1 Å². The molecule has 1 amide bonds. The van der Waals surface area contributed by atoms with Gasteiger partial charge in [0.15, 0.2) is 0 Å². The van der Waals surface area contributed by atoms with Crippen LogP contribution in [0.5, 0.6) is 0 Å². The SMILES string of the molecule is O=C(CC(F)(F)F)NC(CBr)Cc1ccccc1. The summed E-state index contributed by atoms with van der Waals surface area (Å²) >= 11 is 3.19. The lowest BCUT2D eigenvalue weighted by molar-refractivity contribution is -0.154. The highest BCUT2D eigenvalue weighted by atomic mass is 79.9. The Kier molecular flexibility index (Phi) is 5.65. The Hall–Kier alpha value is -1.04. The van der Waals surface area contributed by atoms with E-state index in [1.807, 2.05) is 30.3 Å². The van der Waals surface area contributed by atoms with Crippen molar-refractivity contribution >= 4 is 21.8 Å². The Balaban J connectivity index is 2.50. The molecule has 0 aliphatic heterocycles. The molecule has 0 bridgehead atoms. The Morgan fingerprint density at radius 2 is 1.89 bits per heavy atom. The number of benzene rings is 1. The molecule has 0 heterocycles. The number of alkyl halides is 4. The maximum absolute atomic E-state index is 12.0. The van der Waals surface area contributed by atoms with Crippen molar-refractivity contribution in [3.8, 4) is 0 Å². The second kappa shape index (κ2) is 6.78. The molecule has 18 heavy (non-hydrogen) atoms. The van der Waals surface area contributed by atoms with Gasteiger partial charge in [0.1, 0.15) is 6.42 Å². The summed E-state index contributed by atoms with van der Waals surface area (Å²) in [6, 6.07) is 8.93. The fraction of sp³-hybridized carbons (Fsp3) is 0.417. The van der Waals surface area contributed by atoms with Crippen LogP contribution in [0.2, 0.25) is 0 Å². The lowest BCUT2D eigenvalue weighted by atomic mass is 10.1. The van der Waals surface area contributed by atoms with Crippen LogP contribution in [0.4, 0.5) is 13.2 Å². The summed E-state index contributed by atoms with van der Waals surface area (Å²) in [7, 11) is 0. The van der Waals surface area contributed by atoms with Crippen molar-refractivity contribution in [2.75, 3.05) is 5.33 Å². The zero-order valence-corrected chi connectivity index (χ0v) is 11.1. The number of carbonyl (C=O) groups excluding carboxylic acids is 1. The third-order valence-electron chi connectivity index (χ3n) is 2.24. The van der Waals surface area contributed by atoms with Crippen LogP contribution in [0.1, 0.15) is 12.0 Å². The Morgan fingerprint density at radius 1 is 1.28 bits per heavy atom. The van der Waals surface area contributed by atoms with E-state index in [1.54, 1.807) is 0 Å². The summed E-state index contributed by atoms with van der Waals surface area (Å²) in [5.74, 6) is -0.997. The van der Waals surface area contributed by atoms with E-state index >= 15 is 0 Å². The van der Waals surface area contributed by atoms with Crippen molar-refractivity contribution < 1.29 is 18.0 Å². The number of nitrogens with one attached hydrogen (secondary N) is 1. The molecule has 100 valence electrons. The first-order valence-corrected chi connectivity index (χ1v) is 6.49. The summed E-state index contributed by atoms with van der Waals surface area (Å²) < 4.78 is 36.0. The minimum Gasteiger partial charge on any atom is -0.352 e. The van der Waals surface area contributed by atoms with Gasteiger partial charge in [0.05, 0.1) is 0 Å². The molecular formula is C12H13BrF3NO. The highest BCUT2D eigenvalue weighted by molar-refractivity contribution is 9.09. The largest absolute Gasteiger partial charge is 0.397 e. The summed E-state index contributed by atoms with van der Waals surface area (Å²) in [5.41, 5.74) is 0.967. The lowest BCUT2D eigenvalue weighted by Crippen LogP contribution is -2.39. The zero-order valence-electron chi connectivity index (χ0n) is 9.51. The van der Waals surface area contributed by atoms with Gasteiger partial charge in [-0.05, 0) is 12.0 Å². The summed E-state index contributed by atoms with van der Waals surface area (Å²) in [6.45, 7) is 0. The molecule has 0 radical (unpaired) electrons. The fourth-order valence-corrected chi connectivity index (χ4v) is 1.89. The van der Waals surface area contributed by atoms with Crippen LogP contribution in [-0.4, -0.2) is 23.5 Å². The lowest BCUT2D eigenvalue weighted by Gasteiger charge is -2.17. The molecule has 0 aromatic heterocycles. The highest BCUT2D eigenvalue weighted by Crippen LogP contribution is 2.19. The van der Waals surface area contributed by atoms with E-state index in [4.69, 9.17) is 0 Å². The van der Waals surface area contributed by atoms with Crippen molar-refractivity contribution in [1.82, 2.24) is 5.32 Å². The molecule has 1 atom stereocenters. The zero-order chi connectivity index (χ0) is 13.6. The molecule has 0 saturated carbocycles. The molecule has 2 nitrogen and oxygen atoms in total. The third kappa shape index (κ3) is 6.05. The molecule has 1 aromatic rings. The third-order valence-corrected chi connectivity index (χ3v) is 3.02. The standard InChI is InChI=1S/C12H13BrF3NO/c13-8-10(6-9-4-2-1-3-5-9)17-11(18)7-12(14,15)16/h1-5,10H,6-8H2,(H,17,18). The van der Waals surface area contributed by atoms with Crippen LogP contribution < -0.4 is 5.32 Å². The maximum Gasteiger partial charge on any atom is 0.397 e. The van der Waals surface area contributed by atoms with E-state index in [-0.39, 0.29) is 6.04 Å². The number of rotatable bonds is 5. The molecular weight excluding hydrogens is 311 g/mol. The first-order valence-electron chi connectivity index (χ1n) is 5.36. The number of carbonyl (C=O) groups is 1. The van der Waals surface area contributed by atoms with Crippen molar-refractivity contribution in [2.45, 2.75) is 25.1 Å². The van der Waals surface area contributed by atoms with E-state index in [0.29, 0.717) is 11.8 Å². The number of amides is 1. The number of hydrogen-bond donors (Lipinski definition) is 1. The molecule has 1 rings (SSSR count). The van der Waals surface area contributed by atoms with Gasteiger partial charge in [0.25, 0.3) is 0 Å². The van der Waals surface area contributed by atoms with Crippen molar-refractivity contribution in [3.05, 3.63) is 35.9 Å². The van der Waals surface area contributed by atoms with Crippen molar-refractivity contribution in [3.63, 3.8) is 0 Å². The predicted molar refractivity (Wildman–Crippen MR) is 66.5 cm³/mol. The highest BCUT2D eigenvalue weighted by Gasteiger charge is 2.31. The van der Waals surface area contributed by atoms with Crippen LogP contribution in [0.25, 0.3) is 0 Å². The van der Waals surface area contributed by atoms with Gasteiger partial charge in [-0.15, -0.1) is 0 Å². The average Bonchev–Trinajstić information content (AvgIpc) is 2.27. The summed E-state index contributed by atoms with van der Waals surface area (Å²) in [6.07, 6.45) is -5.41. The summed E-state index contributed by atoms with van der Waals surface area (Å²) in [5, 5.41) is 2.77. The molecule has 0 saturated heterocycles. The van der Waals surface area contributed by atoms with Crippen LogP contribution in [0.3, 0.4) is 0 Å². The Morgan fingerprint density at radius 3 is 2.39 bits per heavy atom. The van der Waals surface area contributed by atoms with E-state index < -0.39 is 18.5 Å². The quantitative estimate of drug-likeness (QED) is 0.829. The molecule has 1 N–H and O–H groups in total. The minimum absolute atomic E-state index is 0.345. The first kappa shape index (κ1) is 15.0. The van der Waals surface area contributed by atoms with E-state index in [1.165, 1.54) is 0 Å². The van der Waals surface area contributed by atoms with E-state index in [0.717, 1.165) is 5.56 Å². The van der Waals surface area contributed by atoms with Gasteiger partial charge in [-0.3, -0.25) is 4.79 Å². The fourth-order valence-electron chi connectivity index (χ4n) is 1.50. The average molecular weight is 324 g/mol. The first-order chi connectivity index (χ1) is 8.40. The molecule has 0 aliphatic rings. The van der Waals surface area contributed by atoms with Crippen molar-refractivity contribution in [1.29, 1.82) is 0 Å². The van der Waals surface area contributed by atoms with Crippen LogP contribution >= 0.6 is 15.9 Å². The number of halogens is 4. The molecule has 0 aliphatic carbocycles. The second-order valence-electron chi connectivity index (χ2n) is 3.90. The molecule has 0 fully saturated rings. The van der Waals surface area contributed by atoms with Crippen molar-refractivity contribution in [2.24, 2.45) is 0 Å². The second-order valence-corrected chi connectivity index (χ2v) is 4.55. The maximum atomic E-state index is 12.0. The Bertz CT molecular complexity index is 381. The van der Waals surface area contributed by atoms with Gasteiger partial charge in [-0.1, -0.05) is 46.3 Å². The van der Waals surface area contributed by atoms with E-state index in [2.05, 4.69) is 21.2 Å². The molecule has 1 unspecified atom stereocenters. The van der Waals surface area contributed by atoms with Gasteiger partial charge in [-0.2, -0.15) is 13.2 Å². The van der Waals surface area contributed by atoms with E-state index in [9.17, 15) is 18.0 Å². The van der Waals surface area contributed by atoms with Crippen LogP contribution in [0, 0.1) is 0 Å². The predicted octanol–water partition coefficient (Wildman–Crippen LogP) is 3.06. The smallest absolute Gasteiger partial charge is 0.352 e. The molecule has 6 heteroatoms. The normalized spacial score (nSPS) is 13.1. The molecule has 1 aromatic carbocycles. The Labute approximate surface area is 112 Å². The monoisotopic (exact) mass is 323 g/mol. The van der Waals surface area contributed by atoms with Gasteiger partial charge in [-0.25, -0.2) is 0 Å². The van der Waals surface area contributed by atoms with Gasteiger partial charge in [0.2, 0.25) is 5.91 Å². The summed E-state index contributed by atoms with van der Waals surface area (Å²) in [4.78, 5) is 11.2. The van der Waals surface area contributed by atoms with Gasteiger partial charge < -0.3 is 5.32 Å².